The fraction of sp³-hybridized carbons (Fsp3) is 0.400. The van der Waals surface area contributed by atoms with E-state index in [1.165, 1.54) is 14.7 Å². The molecule has 0 unspecified atom stereocenters. The second-order valence-corrected chi connectivity index (χ2v) is 10.6. The molecule has 0 spiro atoms. The molecular weight excluding hydrogens is 430 g/mol. The van der Waals surface area contributed by atoms with Gasteiger partial charge in [-0.2, -0.15) is 4.31 Å². The zero-order valence-electron chi connectivity index (χ0n) is 16.4. The van der Waals surface area contributed by atoms with E-state index in [0.717, 1.165) is 53.5 Å². The molecule has 30 heavy (non-hydrogen) atoms. The first-order valence-electron chi connectivity index (χ1n) is 9.83. The number of hydrogen-bond donors (Lipinski definition) is 0. The molecule has 6 nitrogen and oxygen atoms in total. The second-order valence-electron chi connectivity index (χ2n) is 7.60. The lowest BCUT2D eigenvalue weighted by Gasteiger charge is -2.35. The molecule has 1 fully saturated rings. The van der Waals surface area contributed by atoms with Crippen LogP contribution in [0.1, 0.15) is 22.7 Å². The number of piperazine rings is 1. The number of benzene rings is 1. The van der Waals surface area contributed by atoms with Crippen LogP contribution in [0.5, 0.6) is 0 Å². The standard InChI is InChI=1S/C20H20F2N4O2S2/c1-12-23-19(18-14-3-2-4-16(14)29-20(18)24-12)25-7-9-26(10-8-25)30(27,28)17-11-13(21)5-6-15(17)22/h5-6,11H,2-4,7-10H2,1H3. The Labute approximate surface area is 177 Å². The summed E-state index contributed by atoms with van der Waals surface area (Å²) in [5.41, 5.74) is 1.32. The van der Waals surface area contributed by atoms with Crippen LogP contribution in [0, 0.1) is 18.6 Å². The molecule has 0 N–H and O–H groups in total. The highest BCUT2D eigenvalue weighted by Gasteiger charge is 2.33. The van der Waals surface area contributed by atoms with Gasteiger partial charge in [-0.3, -0.25) is 0 Å². The molecule has 3 heterocycles. The van der Waals surface area contributed by atoms with Gasteiger partial charge in [0.1, 0.15) is 33.0 Å². The topological polar surface area (TPSA) is 66.4 Å². The van der Waals surface area contributed by atoms with Crippen LogP contribution in [-0.4, -0.2) is 48.9 Å². The summed E-state index contributed by atoms with van der Waals surface area (Å²) in [7, 11) is -4.11. The number of aromatic nitrogens is 2. The number of halogens is 2. The Bertz CT molecular complexity index is 1250. The van der Waals surface area contributed by atoms with Crippen molar-refractivity contribution in [2.45, 2.75) is 31.1 Å². The molecule has 5 rings (SSSR count). The quantitative estimate of drug-likeness (QED) is 0.613. The van der Waals surface area contributed by atoms with E-state index < -0.39 is 26.6 Å². The zero-order chi connectivity index (χ0) is 21.0. The highest BCUT2D eigenvalue weighted by atomic mass is 32.2. The minimum absolute atomic E-state index is 0.176. The number of thiophene rings is 1. The molecule has 0 radical (unpaired) electrons. The van der Waals surface area contributed by atoms with E-state index in [-0.39, 0.29) is 13.1 Å². The van der Waals surface area contributed by atoms with Crippen LogP contribution >= 0.6 is 11.3 Å². The lowest BCUT2D eigenvalue weighted by Crippen LogP contribution is -2.49. The number of sulfonamides is 1. The van der Waals surface area contributed by atoms with Crippen molar-refractivity contribution in [1.82, 2.24) is 14.3 Å². The van der Waals surface area contributed by atoms with Crippen molar-refractivity contribution < 1.29 is 17.2 Å². The highest BCUT2D eigenvalue weighted by molar-refractivity contribution is 7.89. The third-order valence-electron chi connectivity index (χ3n) is 5.71. The number of nitrogens with zero attached hydrogens (tertiary/aromatic N) is 4. The predicted octanol–water partition coefficient (Wildman–Crippen LogP) is 3.28. The summed E-state index contributed by atoms with van der Waals surface area (Å²) in [6, 6.07) is 2.49. The lowest BCUT2D eigenvalue weighted by molar-refractivity contribution is 0.381. The Balaban J connectivity index is 1.44. The van der Waals surface area contributed by atoms with E-state index in [0.29, 0.717) is 18.9 Å². The first-order chi connectivity index (χ1) is 14.3. The van der Waals surface area contributed by atoms with E-state index in [2.05, 4.69) is 14.9 Å². The molecule has 3 aromatic rings. The van der Waals surface area contributed by atoms with Crippen molar-refractivity contribution in [3.05, 3.63) is 46.1 Å². The normalized spacial score (nSPS) is 17.6. The maximum atomic E-state index is 14.1. The molecule has 10 heteroatoms. The van der Waals surface area contributed by atoms with Crippen molar-refractivity contribution in [2.75, 3.05) is 31.1 Å². The number of rotatable bonds is 3. The van der Waals surface area contributed by atoms with Crippen LogP contribution in [-0.2, 0) is 22.9 Å². The monoisotopic (exact) mass is 450 g/mol. The maximum absolute atomic E-state index is 14.1. The molecule has 158 valence electrons. The van der Waals surface area contributed by atoms with E-state index in [1.54, 1.807) is 11.3 Å². The number of fused-ring (bicyclic) bond motifs is 3. The van der Waals surface area contributed by atoms with Gasteiger partial charge in [0.2, 0.25) is 10.0 Å². The number of anilines is 1. The van der Waals surface area contributed by atoms with Gasteiger partial charge in [-0.25, -0.2) is 27.2 Å². The lowest BCUT2D eigenvalue weighted by atomic mass is 10.1. The van der Waals surface area contributed by atoms with Gasteiger partial charge in [-0.1, -0.05) is 0 Å². The molecule has 1 aliphatic heterocycles. The average Bonchev–Trinajstić information content (AvgIpc) is 3.30. The molecular formula is C20H20F2N4O2S2. The summed E-state index contributed by atoms with van der Waals surface area (Å²) in [5, 5.41) is 1.09. The van der Waals surface area contributed by atoms with Gasteiger partial charge in [0.25, 0.3) is 0 Å². The molecule has 0 amide bonds. The van der Waals surface area contributed by atoms with Gasteiger partial charge in [-0.05, 0) is 49.9 Å². The summed E-state index contributed by atoms with van der Waals surface area (Å²) in [6.45, 7) is 3.06. The van der Waals surface area contributed by atoms with Crippen LogP contribution in [0.3, 0.4) is 0 Å². The second kappa shape index (κ2) is 7.21. The molecule has 0 saturated carbocycles. The van der Waals surface area contributed by atoms with Gasteiger partial charge in [0.05, 0.1) is 5.39 Å². The SMILES string of the molecule is Cc1nc(N2CCN(S(=O)(=O)c3cc(F)ccc3F)CC2)c2c3c(sc2n1)CCC3. The molecule has 1 saturated heterocycles. The first-order valence-corrected chi connectivity index (χ1v) is 12.1. The minimum Gasteiger partial charge on any atom is -0.353 e. The van der Waals surface area contributed by atoms with Gasteiger partial charge in [-0.15, -0.1) is 11.3 Å². The van der Waals surface area contributed by atoms with Crippen molar-refractivity contribution in [3.8, 4) is 0 Å². The van der Waals surface area contributed by atoms with E-state index in [1.807, 2.05) is 6.92 Å². The summed E-state index contributed by atoms with van der Waals surface area (Å²) in [5.74, 6) is -0.181. The van der Waals surface area contributed by atoms with E-state index in [9.17, 15) is 17.2 Å². The molecule has 2 aromatic heterocycles. The Morgan fingerprint density at radius 2 is 1.83 bits per heavy atom. The van der Waals surface area contributed by atoms with Gasteiger partial charge in [0, 0.05) is 31.1 Å². The van der Waals surface area contributed by atoms with Crippen LogP contribution in [0.15, 0.2) is 23.1 Å². The summed E-state index contributed by atoms with van der Waals surface area (Å²) >= 11 is 1.72. The van der Waals surface area contributed by atoms with Gasteiger partial charge < -0.3 is 4.90 Å². The largest absolute Gasteiger partial charge is 0.353 e. The Morgan fingerprint density at radius 1 is 1.07 bits per heavy atom. The molecule has 2 aliphatic rings. The number of hydrogen-bond acceptors (Lipinski definition) is 6. The Kier molecular flexibility index (Phi) is 4.75. The highest BCUT2D eigenvalue weighted by Crippen LogP contribution is 2.40. The summed E-state index contributed by atoms with van der Waals surface area (Å²) in [4.78, 5) is 13.1. The molecule has 0 atom stereocenters. The fourth-order valence-corrected chi connectivity index (χ4v) is 7.06. The van der Waals surface area contributed by atoms with Crippen LogP contribution < -0.4 is 4.90 Å². The van der Waals surface area contributed by atoms with Crippen molar-refractivity contribution in [1.29, 1.82) is 0 Å². The van der Waals surface area contributed by atoms with Crippen LogP contribution in [0.4, 0.5) is 14.6 Å². The smallest absolute Gasteiger partial charge is 0.246 e. The van der Waals surface area contributed by atoms with Gasteiger partial charge in [0.15, 0.2) is 0 Å². The number of aryl methyl sites for hydroxylation is 3. The Morgan fingerprint density at radius 3 is 2.60 bits per heavy atom. The third kappa shape index (κ3) is 3.17. The van der Waals surface area contributed by atoms with Gasteiger partial charge >= 0.3 is 0 Å². The van der Waals surface area contributed by atoms with E-state index >= 15 is 0 Å². The fourth-order valence-electron chi connectivity index (χ4n) is 4.26. The molecule has 1 aliphatic carbocycles. The summed E-state index contributed by atoms with van der Waals surface area (Å²) in [6.07, 6.45) is 3.22. The molecule has 1 aromatic carbocycles. The maximum Gasteiger partial charge on any atom is 0.246 e. The van der Waals surface area contributed by atoms with Crippen molar-refractivity contribution >= 4 is 37.4 Å². The molecule has 0 bridgehead atoms. The Hall–Kier alpha value is -2.17. The van der Waals surface area contributed by atoms with Crippen molar-refractivity contribution in [2.24, 2.45) is 0 Å². The van der Waals surface area contributed by atoms with Crippen LogP contribution in [0.2, 0.25) is 0 Å². The minimum atomic E-state index is -4.11. The van der Waals surface area contributed by atoms with Crippen molar-refractivity contribution in [3.63, 3.8) is 0 Å². The van der Waals surface area contributed by atoms with Crippen LogP contribution in [0.25, 0.3) is 10.2 Å². The predicted molar refractivity (Wildman–Crippen MR) is 112 cm³/mol. The average molecular weight is 451 g/mol. The third-order valence-corrected chi connectivity index (χ3v) is 8.81. The first kappa shape index (κ1) is 19.8. The van der Waals surface area contributed by atoms with E-state index in [4.69, 9.17) is 0 Å². The summed E-state index contributed by atoms with van der Waals surface area (Å²) < 4.78 is 54.5. The zero-order valence-corrected chi connectivity index (χ0v) is 18.0.